The molecule has 4 heteroatoms. The lowest BCUT2D eigenvalue weighted by Crippen LogP contribution is -3.07. The van der Waals surface area contributed by atoms with Gasteiger partial charge in [0.15, 0.2) is 6.54 Å². The van der Waals surface area contributed by atoms with E-state index in [-0.39, 0.29) is 5.91 Å². The predicted octanol–water partition coefficient (Wildman–Crippen LogP) is -2.11. The van der Waals surface area contributed by atoms with Crippen LogP contribution in [0, 0.1) is 0 Å². The third-order valence-electron chi connectivity index (χ3n) is 1.14. The van der Waals surface area contributed by atoms with Gasteiger partial charge in [-0.3, -0.25) is 4.79 Å². The summed E-state index contributed by atoms with van der Waals surface area (Å²) < 4.78 is 4.78. The molecule has 0 spiro atoms. The minimum Gasteiger partial charge on any atom is -0.383 e. The zero-order valence-electron chi connectivity index (χ0n) is 7.44. The van der Waals surface area contributed by atoms with Crippen LogP contribution in [0.2, 0.25) is 0 Å². The van der Waals surface area contributed by atoms with Gasteiger partial charge in [-0.15, -0.1) is 0 Å². The van der Waals surface area contributed by atoms with Gasteiger partial charge in [-0.05, 0) is 0 Å². The van der Waals surface area contributed by atoms with Crippen molar-refractivity contribution in [3.8, 4) is 0 Å². The minimum absolute atomic E-state index is 0.0713. The van der Waals surface area contributed by atoms with Crippen molar-refractivity contribution >= 4 is 5.91 Å². The van der Waals surface area contributed by atoms with Crippen molar-refractivity contribution in [1.82, 2.24) is 5.32 Å². The molecule has 0 unspecified atom stereocenters. The summed E-state index contributed by atoms with van der Waals surface area (Å²) in [6.07, 6.45) is 0. The van der Waals surface area contributed by atoms with Gasteiger partial charge in [-0.1, -0.05) is 0 Å². The summed E-state index contributed by atoms with van der Waals surface area (Å²) in [4.78, 5) is 12.1. The van der Waals surface area contributed by atoms with Crippen LogP contribution in [0.25, 0.3) is 0 Å². The van der Waals surface area contributed by atoms with Gasteiger partial charge in [0.1, 0.15) is 0 Å². The standard InChI is InChI=1S/C7H16N2O2/c1-9(2)6-7(10)8-4-5-11-3/h4-6H2,1-3H3,(H,8,10)/p+1. The minimum atomic E-state index is 0.0713. The van der Waals surface area contributed by atoms with E-state index in [4.69, 9.17) is 4.74 Å². The quantitative estimate of drug-likeness (QED) is 0.453. The molecule has 2 N–H and O–H groups in total. The number of carbonyl (C=O) groups is 1. The molecule has 0 aromatic rings. The zero-order chi connectivity index (χ0) is 8.69. The summed E-state index contributed by atoms with van der Waals surface area (Å²) >= 11 is 0. The van der Waals surface area contributed by atoms with E-state index < -0.39 is 0 Å². The molecular formula is C7H17N2O2+. The summed E-state index contributed by atoms with van der Waals surface area (Å²) in [7, 11) is 5.50. The largest absolute Gasteiger partial charge is 0.383 e. The molecule has 0 heterocycles. The van der Waals surface area contributed by atoms with Gasteiger partial charge in [-0.25, -0.2) is 0 Å². The summed E-state index contributed by atoms with van der Waals surface area (Å²) in [6, 6.07) is 0. The van der Waals surface area contributed by atoms with E-state index in [9.17, 15) is 4.79 Å². The van der Waals surface area contributed by atoms with Crippen LogP contribution < -0.4 is 10.2 Å². The third-order valence-corrected chi connectivity index (χ3v) is 1.14. The van der Waals surface area contributed by atoms with Crippen molar-refractivity contribution < 1.29 is 14.4 Å². The molecule has 0 saturated carbocycles. The van der Waals surface area contributed by atoms with Crippen LogP contribution in [0.3, 0.4) is 0 Å². The first kappa shape index (κ1) is 10.4. The highest BCUT2D eigenvalue weighted by molar-refractivity contribution is 5.76. The van der Waals surface area contributed by atoms with Crippen molar-refractivity contribution in [1.29, 1.82) is 0 Å². The lowest BCUT2D eigenvalue weighted by Gasteiger charge is -2.07. The normalized spacial score (nSPS) is 10.2. The number of nitrogens with one attached hydrogen (secondary N) is 2. The monoisotopic (exact) mass is 161 g/mol. The lowest BCUT2D eigenvalue weighted by atomic mass is 10.5. The molecule has 0 aromatic carbocycles. The van der Waals surface area contributed by atoms with Crippen molar-refractivity contribution in [2.45, 2.75) is 0 Å². The first-order valence-electron chi connectivity index (χ1n) is 3.71. The number of rotatable bonds is 5. The zero-order valence-corrected chi connectivity index (χ0v) is 7.44. The van der Waals surface area contributed by atoms with E-state index in [0.29, 0.717) is 19.7 Å². The second-order valence-corrected chi connectivity index (χ2v) is 2.73. The maximum atomic E-state index is 10.9. The fraction of sp³-hybridized carbons (Fsp3) is 0.857. The number of quaternary nitrogens is 1. The number of hydrogen-bond acceptors (Lipinski definition) is 2. The summed E-state index contributed by atoms with van der Waals surface area (Å²) in [6.45, 7) is 1.70. The Kier molecular flexibility index (Phi) is 5.78. The Labute approximate surface area is 67.5 Å². The van der Waals surface area contributed by atoms with Gasteiger partial charge in [0.2, 0.25) is 0 Å². The fourth-order valence-corrected chi connectivity index (χ4v) is 0.676. The number of methoxy groups -OCH3 is 1. The van der Waals surface area contributed by atoms with Gasteiger partial charge in [-0.2, -0.15) is 0 Å². The molecule has 0 aliphatic rings. The topological polar surface area (TPSA) is 42.8 Å². The van der Waals surface area contributed by atoms with E-state index in [1.54, 1.807) is 7.11 Å². The molecule has 0 radical (unpaired) electrons. The Morgan fingerprint density at radius 2 is 2.18 bits per heavy atom. The molecular weight excluding hydrogens is 144 g/mol. The summed E-state index contributed by atoms with van der Waals surface area (Å²) in [5, 5.41) is 2.73. The number of carbonyl (C=O) groups excluding carboxylic acids is 1. The maximum absolute atomic E-state index is 10.9. The van der Waals surface area contributed by atoms with Gasteiger partial charge >= 0.3 is 0 Å². The van der Waals surface area contributed by atoms with Gasteiger partial charge < -0.3 is 15.0 Å². The first-order chi connectivity index (χ1) is 5.16. The highest BCUT2D eigenvalue weighted by Gasteiger charge is 2.03. The molecule has 0 saturated heterocycles. The molecule has 0 aliphatic heterocycles. The molecule has 0 bridgehead atoms. The van der Waals surface area contributed by atoms with E-state index in [2.05, 4.69) is 5.32 Å². The van der Waals surface area contributed by atoms with Gasteiger partial charge in [0, 0.05) is 13.7 Å². The van der Waals surface area contributed by atoms with E-state index >= 15 is 0 Å². The molecule has 0 aliphatic carbocycles. The van der Waals surface area contributed by atoms with Crippen LogP contribution in [-0.4, -0.2) is 46.8 Å². The smallest absolute Gasteiger partial charge is 0.275 e. The number of hydrogen-bond donors (Lipinski definition) is 2. The van der Waals surface area contributed by atoms with Crippen LogP contribution in [0.15, 0.2) is 0 Å². The Morgan fingerprint density at radius 3 is 2.64 bits per heavy atom. The van der Waals surface area contributed by atoms with Crippen molar-refractivity contribution in [2.24, 2.45) is 0 Å². The van der Waals surface area contributed by atoms with Crippen LogP contribution in [0.1, 0.15) is 0 Å². The lowest BCUT2D eigenvalue weighted by molar-refractivity contribution is -0.849. The van der Waals surface area contributed by atoms with E-state index in [1.807, 2.05) is 14.1 Å². The van der Waals surface area contributed by atoms with Crippen molar-refractivity contribution in [3.05, 3.63) is 0 Å². The molecule has 1 amide bonds. The maximum Gasteiger partial charge on any atom is 0.275 e. The van der Waals surface area contributed by atoms with Crippen LogP contribution in [-0.2, 0) is 9.53 Å². The van der Waals surface area contributed by atoms with E-state index in [1.165, 1.54) is 0 Å². The summed E-state index contributed by atoms with van der Waals surface area (Å²) in [5.41, 5.74) is 0. The molecule has 4 nitrogen and oxygen atoms in total. The highest BCUT2D eigenvalue weighted by atomic mass is 16.5. The molecule has 0 fully saturated rings. The molecule has 66 valence electrons. The molecule has 0 aromatic heterocycles. The second kappa shape index (κ2) is 6.12. The molecule has 0 rings (SSSR count). The van der Waals surface area contributed by atoms with Crippen LogP contribution in [0.4, 0.5) is 0 Å². The number of amides is 1. The number of likely N-dealkylation sites (N-methyl/N-ethyl adjacent to an activating group) is 1. The summed E-state index contributed by atoms with van der Waals surface area (Å²) in [5.74, 6) is 0.0713. The Morgan fingerprint density at radius 1 is 1.55 bits per heavy atom. The molecule has 0 atom stereocenters. The Bertz CT molecular complexity index is 115. The Hall–Kier alpha value is -0.610. The van der Waals surface area contributed by atoms with Gasteiger partial charge in [0.25, 0.3) is 5.91 Å². The van der Waals surface area contributed by atoms with Gasteiger partial charge in [0.05, 0.1) is 20.7 Å². The van der Waals surface area contributed by atoms with Crippen molar-refractivity contribution in [3.63, 3.8) is 0 Å². The first-order valence-corrected chi connectivity index (χ1v) is 3.71. The molecule has 11 heavy (non-hydrogen) atoms. The third kappa shape index (κ3) is 7.29. The van der Waals surface area contributed by atoms with E-state index in [0.717, 1.165) is 4.90 Å². The SMILES string of the molecule is COCCNC(=O)C[NH+](C)C. The second-order valence-electron chi connectivity index (χ2n) is 2.73. The van der Waals surface area contributed by atoms with Crippen molar-refractivity contribution in [2.75, 3.05) is 40.9 Å². The number of ether oxygens (including phenoxy) is 1. The predicted molar refractivity (Wildman–Crippen MR) is 42.6 cm³/mol. The average Bonchev–Trinajstić information content (AvgIpc) is 1.86. The fourth-order valence-electron chi connectivity index (χ4n) is 0.676. The van der Waals surface area contributed by atoms with Crippen LogP contribution in [0.5, 0.6) is 0 Å². The average molecular weight is 161 g/mol. The van der Waals surface area contributed by atoms with Crippen LogP contribution >= 0.6 is 0 Å². The Balaban J connectivity index is 3.23. The highest BCUT2D eigenvalue weighted by Crippen LogP contribution is 1.63.